The summed E-state index contributed by atoms with van der Waals surface area (Å²) < 4.78 is 36.5. The smallest absolute Gasteiger partial charge is 0.406 e. The van der Waals surface area contributed by atoms with Crippen molar-refractivity contribution in [1.29, 1.82) is 0 Å². The number of hydrogen-bond acceptors (Lipinski definition) is 3. The number of alkyl halides is 3. The molecule has 8 heteroatoms. The fourth-order valence-corrected chi connectivity index (χ4v) is 1.28. The molecule has 0 bridgehead atoms. The fourth-order valence-electron chi connectivity index (χ4n) is 1.28. The van der Waals surface area contributed by atoms with E-state index >= 15 is 0 Å². The first-order chi connectivity index (χ1) is 7.67. The third-order valence-corrected chi connectivity index (χ3v) is 2.03. The zero-order chi connectivity index (χ0) is 13.6. The van der Waals surface area contributed by atoms with Crippen molar-refractivity contribution in [2.45, 2.75) is 19.5 Å². The van der Waals surface area contributed by atoms with Gasteiger partial charge in [-0.05, 0) is 13.0 Å². The van der Waals surface area contributed by atoms with Gasteiger partial charge in [0.15, 0.2) is 0 Å². The summed E-state index contributed by atoms with van der Waals surface area (Å²) in [5.74, 6) is -3.06. The summed E-state index contributed by atoms with van der Waals surface area (Å²) in [6.45, 7) is -0.958. The van der Waals surface area contributed by atoms with Gasteiger partial charge in [-0.2, -0.15) is 13.2 Å². The second kappa shape index (κ2) is 6.43. The molecular formula is C9H15F3N2O3. The van der Waals surface area contributed by atoms with Crippen molar-refractivity contribution in [2.75, 3.05) is 19.6 Å². The van der Waals surface area contributed by atoms with E-state index in [1.54, 1.807) is 0 Å². The van der Waals surface area contributed by atoms with Gasteiger partial charge in [-0.15, -0.1) is 0 Å². The first-order valence-electron chi connectivity index (χ1n) is 4.94. The van der Waals surface area contributed by atoms with Crippen LogP contribution in [-0.4, -0.2) is 47.7 Å². The Bertz CT molecular complexity index is 281. The number of nitrogens with zero attached hydrogens (tertiary/aromatic N) is 1. The molecule has 0 aromatic heterocycles. The Morgan fingerprint density at radius 1 is 1.41 bits per heavy atom. The topological polar surface area (TPSA) is 83.6 Å². The van der Waals surface area contributed by atoms with E-state index in [0.29, 0.717) is 0 Å². The molecule has 0 aromatic rings. The molecule has 0 fully saturated rings. The van der Waals surface area contributed by atoms with Crippen LogP contribution in [0.25, 0.3) is 0 Å². The van der Waals surface area contributed by atoms with Gasteiger partial charge in [-0.25, -0.2) is 0 Å². The minimum absolute atomic E-state index is 0.153. The largest absolute Gasteiger partial charge is 0.480 e. The van der Waals surface area contributed by atoms with Crippen molar-refractivity contribution in [3.05, 3.63) is 0 Å². The maximum atomic E-state index is 12.2. The van der Waals surface area contributed by atoms with Gasteiger partial charge in [0.1, 0.15) is 13.1 Å². The SMILES string of the molecule is CC(CCN)C(=O)N(CC(=O)O)CC(F)(F)F. The van der Waals surface area contributed by atoms with Gasteiger partial charge >= 0.3 is 12.1 Å². The molecule has 0 saturated carbocycles. The molecule has 17 heavy (non-hydrogen) atoms. The molecule has 0 rings (SSSR count). The predicted molar refractivity (Wildman–Crippen MR) is 53.1 cm³/mol. The van der Waals surface area contributed by atoms with Crippen LogP contribution in [0.1, 0.15) is 13.3 Å². The molecule has 0 radical (unpaired) electrons. The number of carboxylic acid groups (broad SMARTS) is 1. The minimum Gasteiger partial charge on any atom is -0.480 e. The van der Waals surface area contributed by atoms with Crippen molar-refractivity contribution >= 4 is 11.9 Å². The average molecular weight is 256 g/mol. The van der Waals surface area contributed by atoms with Gasteiger partial charge in [0.05, 0.1) is 0 Å². The summed E-state index contributed by atoms with van der Waals surface area (Å²) in [7, 11) is 0. The summed E-state index contributed by atoms with van der Waals surface area (Å²) in [6, 6.07) is 0. The van der Waals surface area contributed by atoms with E-state index in [0.717, 1.165) is 0 Å². The van der Waals surface area contributed by atoms with Crippen LogP contribution in [0.15, 0.2) is 0 Å². The summed E-state index contributed by atoms with van der Waals surface area (Å²) >= 11 is 0. The lowest BCUT2D eigenvalue weighted by atomic mass is 10.1. The van der Waals surface area contributed by atoms with E-state index < -0.39 is 37.1 Å². The van der Waals surface area contributed by atoms with E-state index in [2.05, 4.69) is 0 Å². The lowest BCUT2D eigenvalue weighted by Crippen LogP contribution is -2.44. The fraction of sp³-hybridized carbons (Fsp3) is 0.778. The summed E-state index contributed by atoms with van der Waals surface area (Å²) in [6.07, 6.45) is -4.40. The third kappa shape index (κ3) is 6.77. The number of amides is 1. The number of carbonyl (C=O) groups is 2. The van der Waals surface area contributed by atoms with Crippen LogP contribution in [0.5, 0.6) is 0 Å². The minimum atomic E-state index is -4.62. The molecule has 0 aliphatic carbocycles. The number of carbonyl (C=O) groups excluding carboxylic acids is 1. The van der Waals surface area contributed by atoms with Gasteiger partial charge in [-0.1, -0.05) is 6.92 Å². The van der Waals surface area contributed by atoms with Crippen molar-refractivity contribution in [3.63, 3.8) is 0 Å². The Kier molecular flexibility index (Phi) is 5.94. The quantitative estimate of drug-likeness (QED) is 0.722. The van der Waals surface area contributed by atoms with Crippen LogP contribution < -0.4 is 5.73 Å². The van der Waals surface area contributed by atoms with E-state index in [-0.39, 0.29) is 17.9 Å². The number of aliphatic carboxylic acids is 1. The normalized spacial score (nSPS) is 13.2. The lowest BCUT2D eigenvalue weighted by molar-refractivity contribution is -0.167. The van der Waals surface area contributed by atoms with E-state index in [4.69, 9.17) is 10.8 Å². The first kappa shape index (κ1) is 15.7. The van der Waals surface area contributed by atoms with Crippen LogP contribution >= 0.6 is 0 Å². The average Bonchev–Trinajstić information content (AvgIpc) is 2.13. The first-order valence-corrected chi connectivity index (χ1v) is 4.94. The Morgan fingerprint density at radius 3 is 2.29 bits per heavy atom. The van der Waals surface area contributed by atoms with Crippen LogP contribution in [0, 0.1) is 5.92 Å². The Labute approximate surface area is 96.4 Å². The van der Waals surface area contributed by atoms with Crippen LogP contribution in [0.3, 0.4) is 0 Å². The van der Waals surface area contributed by atoms with Crippen molar-refractivity contribution in [3.8, 4) is 0 Å². The lowest BCUT2D eigenvalue weighted by Gasteiger charge is -2.25. The van der Waals surface area contributed by atoms with E-state index in [1.807, 2.05) is 0 Å². The maximum Gasteiger partial charge on any atom is 0.406 e. The second-order valence-electron chi connectivity index (χ2n) is 3.68. The van der Waals surface area contributed by atoms with Crippen molar-refractivity contribution < 1.29 is 27.9 Å². The molecule has 100 valence electrons. The van der Waals surface area contributed by atoms with Gasteiger partial charge in [-0.3, -0.25) is 9.59 Å². The zero-order valence-corrected chi connectivity index (χ0v) is 9.33. The molecule has 1 amide bonds. The van der Waals surface area contributed by atoms with Crippen LogP contribution in [0.4, 0.5) is 13.2 Å². The maximum absolute atomic E-state index is 12.2. The Hall–Kier alpha value is -1.31. The number of halogens is 3. The number of hydrogen-bond donors (Lipinski definition) is 2. The molecule has 0 aromatic carbocycles. The standard InChI is InChI=1S/C9H15F3N2O3/c1-6(2-3-13)8(17)14(4-7(15)16)5-9(10,11)12/h6H,2-5,13H2,1H3,(H,15,16). The monoisotopic (exact) mass is 256 g/mol. The van der Waals surface area contributed by atoms with Crippen LogP contribution in [-0.2, 0) is 9.59 Å². The highest BCUT2D eigenvalue weighted by molar-refractivity contribution is 5.82. The van der Waals surface area contributed by atoms with Crippen molar-refractivity contribution in [1.82, 2.24) is 4.90 Å². The van der Waals surface area contributed by atoms with Crippen LogP contribution in [0.2, 0.25) is 0 Å². The molecule has 0 heterocycles. The molecule has 0 spiro atoms. The molecule has 5 nitrogen and oxygen atoms in total. The molecular weight excluding hydrogens is 241 g/mol. The van der Waals surface area contributed by atoms with Gasteiger partial charge in [0.2, 0.25) is 5.91 Å². The van der Waals surface area contributed by atoms with Crippen molar-refractivity contribution in [2.24, 2.45) is 11.7 Å². The summed E-state index contributed by atoms with van der Waals surface area (Å²) in [5.41, 5.74) is 5.19. The molecule has 1 atom stereocenters. The number of nitrogens with two attached hydrogens (primary N) is 1. The summed E-state index contributed by atoms with van der Waals surface area (Å²) in [5, 5.41) is 8.46. The Balaban J connectivity index is 4.67. The predicted octanol–water partition coefficient (Wildman–Crippen LogP) is 0.447. The highest BCUT2D eigenvalue weighted by Crippen LogP contribution is 2.18. The zero-order valence-electron chi connectivity index (χ0n) is 9.33. The van der Waals surface area contributed by atoms with E-state index in [9.17, 15) is 22.8 Å². The van der Waals surface area contributed by atoms with Gasteiger partial charge in [0.25, 0.3) is 0 Å². The Morgan fingerprint density at radius 2 is 1.94 bits per heavy atom. The highest BCUT2D eigenvalue weighted by Gasteiger charge is 2.35. The molecule has 0 aliphatic heterocycles. The van der Waals surface area contributed by atoms with E-state index in [1.165, 1.54) is 6.92 Å². The highest BCUT2D eigenvalue weighted by atomic mass is 19.4. The third-order valence-electron chi connectivity index (χ3n) is 2.03. The molecule has 0 saturated heterocycles. The van der Waals surface area contributed by atoms with Gasteiger partial charge in [0, 0.05) is 5.92 Å². The molecule has 0 aliphatic rings. The summed E-state index contributed by atoms with van der Waals surface area (Å²) in [4.78, 5) is 22.2. The second-order valence-corrected chi connectivity index (χ2v) is 3.68. The van der Waals surface area contributed by atoms with Gasteiger partial charge < -0.3 is 15.7 Å². The number of carboxylic acids is 1. The number of rotatable bonds is 6. The molecule has 1 unspecified atom stereocenters. The molecule has 3 N–H and O–H groups in total.